The molecule has 128 valence electrons. The van der Waals surface area contributed by atoms with Gasteiger partial charge in [-0.2, -0.15) is 5.10 Å². The Labute approximate surface area is 142 Å². The van der Waals surface area contributed by atoms with Gasteiger partial charge < -0.3 is 15.0 Å². The van der Waals surface area contributed by atoms with Crippen molar-refractivity contribution in [3.8, 4) is 5.75 Å². The average molecular weight is 328 g/mol. The van der Waals surface area contributed by atoms with Gasteiger partial charge in [-0.15, -0.1) is 0 Å². The molecule has 1 aliphatic heterocycles. The van der Waals surface area contributed by atoms with Crippen LogP contribution in [0.15, 0.2) is 30.3 Å². The van der Waals surface area contributed by atoms with Gasteiger partial charge in [0.15, 0.2) is 0 Å². The zero-order valence-corrected chi connectivity index (χ0v) is 14.2. The van der Waals surface area contributed by atoms with Crippen molar-refractivity contribution in [3.05, 3.63) is 41.7 Å². The summed E-state index contributed by atoms with van der Waals surface area (Å²) in [6.45, 7) is 4.55. The number of aryl methyl sites for hydroxylation is 1. The first-order valence-electron chi connectivity index (χ1n) is 8.31. The van der Waals surface area contributed by atoms with Gasteiger partial charge in [-0.3, -0.25) is 9.89 Å². The third-order valence-electron chi connectivity index (χ3n) is 4.40. The normalized spacial score (nSPS) is 17.1. The summed E-state index contributed by atoms with van der Waals surface area (Å²) in [7, 11) is 1.70. The summed E-state index contributed by atoms with van der Waals surface area (Å²) < 4.78 is 5.44. The number of carbonyl (C=O) groups is 1. The van der Waals surface area contributed by atoms with E-state index in [1.807, 2.05) is 31.2 Å². The number of benzene rings is 1. The molecule has 1 amide bonds. The molecule has 24 heavy (non-hydrogen) atoms. The summed E-state index contributed by atoms with van der Waals surface area (Å²) in [5, 5.41) is 9.99. The van der Waals surface area contributed by atoms with Crippen LogP contribution < -0.4 is 15.0 Å². The molecular formula is C18H24N4O2. The van der Waals surface area contributed by atoms with Crippen molar-refractivity contribution in [2.45, 2.75) is 19.8 Å². The first-order chi connectivity index (χ1) is 11.7. The molecule has 1 unspecified atom stereocenters. The van der Waals surface area contributed by atoms with Crippen LogP contribution in [0, 0.1) is 12.8 Å². The molecule has 2 N–H and O–H groups in total. The largest absolute Gasteiger partial charge is 0.495 e. The number of anilines is 1. The standard InChI is InChI=1S/C18H24N4O2/c1-13-9-15(21-20-13)10-18(23)19-11-14-7-8-22(12-14)16-5-3-4-6-17(16)24-2/h3-6,9,14H,7-8,10-12H2,1-2H3,(H,19,23)(H,20,21). The van der Waals surface area contributed by atoms with E-state index in [4.69, 9.17) is 4.74 Å². The van der Waals surface area contributed by atoms with Crippen molar-refractivity contribution in [2.24, 2.45) is 5.92 Å². The highest BCUT2D eigenvalue weighted by molar-refractivity contribution is 5.78. The molecule has 0 aliphatic carbocycles. The molecule has 1 saturated heterocycles. The molecule has 1 aromatic heterocycles. The fraction of sp³-hybridized carbons (Fsp3) is 0.444. The number of hydrogen-bond donors (Lipinski definition) is 2. The first-order valence-corrected chi connectivity index (χ1v) is 8.31. The topological polar surface area (TPSA) is 70.2 Å². The number of methoxy groups -OCH3 is 1. The van der Waals surface area contributed by atoms with Crippen molar-refractivity contribution in [2.75, 3.05) is 31.6 Å². The second-order valence-electron chi connectivity index (χ2n) is 6.30. The van der Waals surface area contributed by atoms with Crippen LogP contribution in [0.1, 0.15) is 17.8 Å². The van der Waals surface area contributed by atoms with E-state index < -0.39 is 0 Å². The molecule has 6 heteroatoms. The lowest BCUT2D eigenvalue weighted by molar-refractivity contribution is -0.120. The summed E-state index contributed by atoms with van der Waals surface area (Å²) >= 11 is 0. The predicted molar refractivity (Wildman–Crippen MR) is 93.4 cm³/mol. The van der Waals surface area contributed by atoms with Crippen LogP contribution in [0.2, 0.25) is 0 Å². The Morgan fingerprint density at radius 3 is 3.04 bits per heavy atom. The Bertz CT molecular complexity index is 698. The highest BCUT2D eigenvalue weighted by atomic mass is 16.5. The second kappa shape index (κ2) is 7.38. The zero-order chi connectivity index (χ0) is 16.9. The lowest BCUT2D eigenvalue weighted by Gasteiger charge is -2.21. The van der Waals surface area contributed by atoms with E-state index in [2.05, 4.69) is 26.5 Å². The minimum Gasteiger partial charge on any atom is -0.495 e. The maximum atomic E-state index is 12.0. The molecule has 1 atom stereocenters. The molecule has 0 spiro atoms. The number of H-pyrrole nitrogens is 1. The van der Waals surface area contributed by atoms with E-state index in [1.54, 1.807) is 7.11 Å². The molecule has 3 rings (SSSR count). The van der Waals surface area contributed by atoms with Crippen molar-refractivity contribution in [1.29, 1.82) is 0 Å². The monoisotopic (exact) mass is 328 g/mol. The van der Waals surface area contributed by atoms with Gasteiger partial charge >= 0.3 is 0 Å². The second-order valence-corrected chi connectivity index (χ2v) is 6.30. The lowest BCUT2D eigenvalue weighted by atomic mass is 10.1. The predicted octanol–water partition coefficient (Wildman–Crippen LogP) is 1.91. The molecule has 0 bridgehead atoms. The third-order valence-corrected chi connectivity index (χ3v) is 4.40. The first kappa shape index (κ1) is 16.4. The number of aromatic nitrogens is 2. The average Bonchev–Trinajstić information content (AvgIpc) is 3.22. The summed E-state index contributed by atoms with van der Waals surface area (Å²) in [5.74, 6) is 1.38. The van der Waals surface area contributed by atoms with Gasteiger partial charge in [0.05, 0.1) is 24.9 Å². The summed E-state index contributed by atoms with van der Waals surface area (Å²) in [6, 6.07) is 9.97. The number of nitrogens with one attached hydrogen (secondary N) is 2. The Kier molecular flexibility index (Phi) is 5.03. The number of rotatable bonds is 6. The number of nitrogens with zero attached hydrogens (tertiary/aromatic N) is 2. The third kappa shape index (κ3) is 3.88. The molecule has 1 aromatic carbocycles. The number of ether oxygens (including phenoxy) is 1. The number of carbonyl (C=O) groups excluding carboxylic acids is 1. The Morgan fingerprint density at radius 1 is 1.46 bits per heavy atom. The van der Waals surface area contributed by atoms with E-state index in [0.29, 0.717) is 18.9 Å². The maximum Gasteiger partial charge on any atom is 0.226 e. The van der Waals surface area contributed by atoms with Crippen molar-refractivity contribution < 1.29 is 9.53 Å². The Morgan fingerprint density at radius 2 is 2.29 bits per heavy atom. The molecule has 0 radical (unpaired) electrons. The van der Waals surface area contributed by atoms with Crippen LogP contribution in [-0.2, 0) is 11.2 Å². The van der Waals surface area contributed by atoms with E-state index in [1.165, 1.54) is 0 Å². The van der Waals surface area contributed by atoms with Gasteiger partial charge in [-0.1, -0.05) is 12.1 Å². The Balaban J connectivity index is 1.48. The van der Waals surface area contributed by atoms with Crippen molar-refractivity contribution in [1.82, 2.24) is 15.5 Å². The molecule has 0 saturated carbocycles. The van der Waals surface area contributed by atoms with E-state index in [0.717, 1.165) is 42.3 Å². The fourth-order valence-corrected chi connectivity index (χ4v) is 3.16. The fourth-order valence-electron chi connectivity index (χ4n) is 3.16. The van der Waals surface area contributed by atoms with Gasteiger partial charge in [0.25, 0.3) is 0 Å². The van der Waals surface area contributed by atoms with E-state index in [9.17, 15) is 4.79 Å². The van der Waals surface area contributed by atoms with Gasteiger partial charge in [0.1, 0.15) is 5.75 Å². The van der Waals surface area contributed by atoms with Gasteiger partial charge in [0, 0.05) is 25.3 Å². The molecule has 2 aromatic rings. The summed E-state index contributed by atoms with van der Waals surface area (Å²) in [4.78, 5) is 14.4. The minimum atomic E-state index is 0.0252. The van der Waals surface area contributed by atoms with Gasteiger partial charge in [-0.25, -0.2) is 0 Å². The summed E-state index contributed by atoms with van der Waals surface area (Å²) in [6.07, 6.45) is 1.40. The highest BCUT2D eigenvalue weighted by Crippen LogP contribution is 2.31. The number of para-hydroxylation sites is 2. The van der Waals surface area contributed by atoms with Crippen LogP contribution in [0.25, 0.3) is 0 Å². The SMILES string of the molecule is COc1ccccc1N1CCC(CNC(=O)Cc2cc(C)[nH]n2)C1. The van der Waals surface area contributed by atoms with Crippen LogP contribution >= 0.6 is 0 Å². The zero-order valence-electron chi connectivity index (χ0n) is 14.2. The van der Waals surface area contributed by atoms with E-state index >= 15 is 0 Å². The van der Waals surface area contributed by atoms with Crippen molar-refractivity contribution >= 4 is 11.6 Å². The quantitative estimate of drug-likeness (QED) is 0.850. The number of amides is 1. The molecule has 1 fully saturated rings. The van der Waals surface area contributed by atoms with Gasteiger partial charge in [-0.05, 0) is 37.5 Å². The van der Waals surface area contributed by atoms with Crippen LogP contribution in [-0.4, -0.2) is 42.8 Å². The Hall–Kier alpha value is -2.50. The van der Waals surface area contributed by atoms with Crippen molar-refractivity contribution in [3.63, 3.8) is 0 Å². The number of hydrogen-bond acceptors (Lipinski definition) is 4. The lowest BCUT2D eigenvalue weighted by Crippen LogP contribution is -2.32. The molecule has 2 heterocycles. The number of aromatic amines is 1. The van der Waals surface area contributed by atoms with Crippen LogP contribution in [0.5, 0.6) is 5.75 Å². The van der Waals surface area contributed by atoms with E-state index in [-0.39, 0.29) is 5.91 Å². The highest BCUT2D eigenvalue weighted by Gasteiger charge is 2.24. The molecule has 6 nitrogen and oxygen atoms in total. The van der Waals surface area contributed by atoms with Gasteiger partial charge in [0.2, 0.25) is 5.91 Å². The minimum absolute atomic E-state index is 0.0252. The molecular weight excluding hydrogens is 304 g/mol. The smallest absolute Gasteiger partial charge is 0.226 e. The maximum absolute atomic E-state index is 12.0. The molecule has 1 aliphatic rings. The summed E-state index contributed by atoms with van der Waals surface area (Å²) in [5.41, 5.74) is 2.88. The van der Waals surface area contributed by atoms with Crippen LogP contribution in [0.4, 0.5) is 5.69 Å². The van der Waals surface area contributed by atoms with Crippen LogP contribution in [0.3, 0.4) is 0 Å².